The second-order valence-corrected chi connectivity index (χ2v) is 16.9. The number of carbonyl (C=O) groups is 3. The molecule has 0 radical (unpaired) electrons. The number of rotatable bonds is 13. The minimum absolute atomic E-state index is 0.203. The van der Waals surface area contributed by atoms with Crippen molar-refractivity contribution in [2.45, 2.75) is 90.2 Å². The summed E-state index contributed by atoms with van der Waals surface area (Å²) >= 11 is 0. The molecule has 1 fully saturated rings. The fourth-order valence-electron chi connectivity index (χ4n) is 6.90. The van der Waals surface area contributed by atoms with E-state index in [1.807, 2.05) is 71.9 Å². The molecule has 3 aromatic carbocycles. The Hall–Kier alpha value is -4.95. The van der Waals surface area contributed by atoms with Crippen LogP contribution in [0.2, 0.25) is 0 Å². The molecule has 54 heavy (non-hydrogen) atoms. The molecule has 3 amide bonds. The number of fused-ring (bicyclic) bond motifs is 1. The number of benzene rings is 3. The van der Waals surface area contributed by atoms with Crippen molar-refractivity contribution in [1.29, 1.82) is 0 Å². The molecule has 1 heterocycles. The SMILES string of the molecule is CCN(CC)S(=O)(=O)c1ccc(-c2ccc(C[C@H](NC(=O)C3CCC(CNC(=O)OC(C)(C)C)CC3)C(=O)Nc3ccc4[nH]c(=O)[nH]c4c3)cc2)c(C)c1. The number of aryl methyl sites for hydroxylation is 1. The van der Waals surface area contributed by atoms with Crippen LogP contribution in [0.3, 0.4) is 0 Å². The number of nitrogens with one attached hydrogen (secondary N) is 5. The van der Waals surface area contributed by atoms with E-state index >= 15 is 0 Å². The number of alkyl carbamates (subject to hydrolysis) is 1. The van der Waals surface area contributed by atoms with Gasteiger partial charge in [0.1, 0.15) is 11.6 Å². The number of imidazole rings is 1. The number of aromatic nitrogens is 2. The molecule has 4 aromatic rings. The monoisotopic (exact) mass is 760 g/mol. The van der Waals surface area contributed by atoms with E-state index in [9.17, 15) is 27.6 Å². The zero-order valence-electron chi connectivity index (χ0n) is 31.9. The van der Waals surface area contributed by atoms with Gasteiger partial charge in [-0.3, -0.25) is 9.59 Å². The van der Waals surface area contributed by atoms with E-state index in [0.717, 1.165) is 35.1 Å². The Morgan fingerprint density at radius 2 is 1.57 bits per heavy atom. The van der Waals surface area contributed by atoms with E-state index in [1.54, 1.807) is 30.3 Å². The van der Waals surface area contributed by atoms with Gasteiger partial charge in [0.15, 0.2) is 0 Å². The molecule has 0 bridgehead atoms. The van der Waals surface area contributed by atoms with Crippen molar-refractivity contribution in [1.82, 2.24) is 24.9 Å². The predicted octanol–water partition coefficient (Wildman–Crippen LogP) is 5.86. The first kappa shape index (κ1) is 40.2. The van der Waals surface area contributed by atoms with Gasteiger partial charge in [-0.1, -0.05) is 44.2 Å². The number of ether oxygens (including phenoxy) is 1. The van der Waals surface area contributed by atoms with Crippen LogP contribution in [-0.2, 0) is 30.8 Å². The smallest absolute Gasteiger partial charge is 0.407 e. The topological polar surface area (TPSA) is 183 Å². The Balaban J connectivity index is 1.28. The van der Waals surface area contributed by atoms with Crippen LogP contribution in [0.4, 0.5) is 10.5 Å². The van der Waals surface area contributed by atoms with Gasteiger partial charge < -0.3 is 30.7 Å². The molecule has 0 aliphatic heterocycles. The molecular weight excluding hydrogens is 709 g/mol. The van der Waals surface area contributed by atoms with Gasteiger partial charge in [0.25, 0.3) is 0 Å². The molecule has 0 spiro atoms. The van der Waals surface area contributed by atoms with Crippen LogP contribution in [-0.4, -0.2) is 71.9 Å². The van der Waals surface area contributed by atoms with Gasteiger partial charge in [0.2, 0.25) is 21.8 Å². The summed E-state index contributed by atoms with van der Waals surface area (Å²) in [6.45, 7) is 12.2. The maximum atomic E-state index is 13.8. The van der Waals surface area contributed by atoms with Crippen LogP contribution in [0.1, 0.15) is 71.4 Å². The molecule has 1 saturated carbocycles. The number of amides is 3. The van der Waals surface area contributed by atoms with E-state index < -0.39 is 33.7 Å². The minimum Gasteiger partial charge on any atom is -0.444 e. The highest BCUT2D eigenvalue weighted by atomic mass is 32.2. The highest BCUT2D eigenvalue weighted by Gasteiger charge is 2.30. The quantitative estimate of drug-likeness (QED) is 0.113. The molecule has 0 unspecified atom stereocenters. The minimum atomic E-state index is -3.59. The predicted molar refractivity (Wildman–Crippen MR) is 210 cm³/mol. The lowest BCUT2D eigenvalue weighted by Gasteiger charge is -2.29. The van der Waals surface area contributed by atoms with Crippen LogP contribution < -0.4 is 21.6 Å². The zero-order valence-corrected chi connectivity index (χ0v) is 32.7. The Kier molecular flexibility index (Phi) is 12.7. The van der Waals surface area contributed by atoms with Crippen LogP contribution in [0.5, 0.6) is 0 Å². The molecule has 13 nitrogen and oxygen atoms in total. The summed E-state index contributed by atoms with van der Waals surface area (Å²) in [7, 11) is -3.59. The Labute approximate surface area is 316 Å². The first-order valence-corrected chi connectivity index (χ1v) is 20.0. The van der Waals surface area contributed by atoms with Gasteiger partial charge in [-0.15, -0.1) is 0 Å². The number of nitrogens with zero attached hydrogens (tertiary/aromatic N) is 1. The molecule has 14 heteroatoms. The van der Waals surface area contributed by atoms with Crippen molar-refractivity contribution in [3.63, 3.8) is 0 Å². The highest BCUT2D eigenvalue weighted by molar-refractivity contribution is 7.89. The largest absolute Gasteiger partial charge is 0.444 e. The number of hydrogen-bond acceptors (Lipinski definition) is 7. The number of anilines is 1. The Morgan fingerprint density at radius 3 is 2.20 bits per heavy atom. The fraction of sp³-hybridized carbons (Fsp3) is 0.450. The lowest BCUT2D eigenvalue weighted by Crippen LogP contribution is -2.48. The summed E-state index contributed by atoms with van der Waals surface area (Å²) in [5.41, 5.74) is 4.10. The lowest BCUT2D eigenvalue weighted by atomic mass is 9.81. The van der Waals surface area contributed by atoms with E-state index in [1.165, 1.54) is 4.31 Å². The van der Waals surface area contributed by atoms with Crippen molar-refractivity contribution < 1.29 is 27.5 Å². The molecule has 1 aliphatic rings. The first-order chi connectivity index (χ1) is 25.6. The average Bonchev–Trinajstić information content (AvgIpc) is 3.50. The fourth-order valence-corrected chi connectivity index (χ4v) is 8.44. The zero-order chi connectivity index (χ0) is 39.2. The van der Waals surface area contributed by atoms with Crippen molar-refractivity contribution in [3.05, 3.63) is 82.3 Å². The Morgan fingerprint density at radius 1 is 0.907 bits per heavy atom. The van der Waals surface area contributed by atoms with Gasteiger partial charge in [-0.05, 0) is 112 Å². The molecule has 1 atom stereocenters. The molecular formula is C40H52N6O7S. The first-order valence-electron chi connectivity index (χ1n) is 18.6. The Bertz CT molecular complexity index is 2120. The summed E-state index contributed by atoms with van der Waals surface area (Å²) in [5, 5.41) is 8.76. The van der Waals surface area contributed by atoms with Gasteiger partial charge in [0, 0.05) is 37.7 Å². The van der Waals surface area contributed by atoms with Crippen molar-refractivity contribution in [2.75, 3.05) is 25.0 Å². The number of aromatic amines is 2. The third-order valence-corrected chi connectivity index (χ3v) is 11.9. The normalized spacial score (nSPS) is 16.9. The summed E-state index contributed by atoms with van der Waals surface area (Å²) in [6.07, 6.45) is 2.52. The van der Waals surface area contributed by atoms with Gasteiger partial charge in [-0.2, -0.15) is 4.31 Å². The van der Waals surface area contributed by atoms with Crippen LogP contribution in [0, 0.1) is 18.8 Å². The number of H-pyrrole nitrogens is 2. The highest BCUT2D eigenvalue weighted by Crippen LogP contribution is 2.30. The molecule has 1 aliphatic carbocycles. The summed E-state index contributed by atoms with van der Waals surface area (Å²) < 4.78 is 32.9. The third kappa shape index (κ3) is 10.2. The number of sulfonamides is 1. The lowest BCUT2D eigenvalue weighted by molar-refractivity contribution is -0.130. The van der Waals surface area contributed by atoms with Crippen LogP contribution in [0.25, 0.3) is 22.2 Å². The standard InChI is InChI=1S/C40H52N6O7S/c1-7-46(8-2)54(51,52)31-18-19-32(25(3)21-31)28-13-9-26(10-14-28)22-35(37(48)42-30-17-20-33-34(23-30)45-38(49)44-33)43-36(47)29-15-11-27(12-16-29)24-41-39(50)53-40(4,5)6/h9-10,13-14,17-21,23,27,29,35H,7-8,11-12,15-16,22,24H2,1-6H3,(H,41,50)(H,42,48)(H,43,47)(H2,44,45,49)/t27?,29?,35-/m0/s1. The summed E-state index contributed by atoms with van der Waals surface area (Å²) in [6, 6.07) is 16.9. The summed E-state index contributed by atoms with van der Waals surface area (Å²) in [5.74, 6) is -0.661. The maximum Gasteiger partial charge on any atom is 0.407 e. The van der Waals surface area contributed by atoms with E-state index in [2.05, 4.69) is 25.9 Å². The van der Waals surface area contributed by atoms with Crippen molar-refractivity contribution >= 4 is 44.7 Å². The van der Waals surface area contributed by atoms with E-state index in [0.29, 0.717) is 49.2 Å². The summed E-state index contributed by atoms with van der Waals surface area (Å²) in [4.78, 5) is 57.0. The van der Waals surface area contributed by atoms with Gasteiger partial charge in [-0.25, -0.2) is 18.0 Å². The molecule has 5 rings (SSSR count). The van der Waals surface area contributed by atoms with E-state index in [-0.39, 0.29) is 34.7 Å². The molecule has 290 valence electrons. The number of carbonyl (C=O) groups excluding carboxylic acids is 3. The van der Waals surface area contributed by atoms with Crippen molar-refractivity contribution in [2.24, 2.45) is 11.8 Å². The van der Waals surface area contributed by atoms with Gasteiger partial charge >= 0.3 is 11.8 Å². The van der Waals surface area contributed by atoms with Crippen LogP contribution >= 0.6 is 0 Å². The van der Waals surface area contributed by atoms with E-state index in [4.69, 9.17) is 4.74 Å². The maximum absolute atomic E-state index is 13.8. The second kappa shape index (κ2) is 17.0. The molecule has 5 N–H and O–H groups in total. The third-order valence-electron chi connectivity index (χ3n) is 9.81. The molecule has 1 aromatic heterocycles. The molecule has 0 saturated heterocycles. The number of hydrogen-bond donors (Lipinski definition) is 5. The second-order valence-electron chi connectivity index (χ2n) is 15.0. The average molecular weight is 761 g/mol. The van der Waals surface area contributed by atoms with Gasteiger partial charge in [0.05, 0.1) is 15.9 Å². The van der Waals surface area contributed by atoms with Crippen molar-refractivity contribution in [3.8, 4) is 11.1 Å². The van der Waals surface area contributed by atoms with Crippen LogP contribution in [0.15, 0.2) is 70.4 Å².